The lowest BCUT2D eigenvalue weighted by Crippen LogP contribution is -2.42. The molecule has 6 heteroatoms. The summed E-state index contributed by atoms with van der Waals surface area (Å²) in [5, 5.41) is 0.505. The molecule has 1 atom stereocenters. The second kappa shape index (κ2) is 7.05. The number of rotatable bonds is 4. The van der Waals surface area contributed by atoms with Gasteiger partial charge in [0, 0.05) is 29.6 Å². The van der Waals surface area contributed by atoms with Gasteiger partial charge in [0.25, 0.3) is 0 Å². The fourth-order valence-corrected chi connectivity index (χ4v) is 4.73. The molecule has 0 radical (unpaired) electrons. The summed E-state index contributed by atoms with van der Waals surface area (Å²) in [5.74, 6) is -0.388. The van der Waals surface area contributed by atoms with Gasteiger partial charge in [-0.25, -0.2) is 8.42 Å². The minimum absolute atomic E-state index is 0.0505. The van der Waals surface area contributed by atoms with Crippen molar-refractivity contribution in [3.63, 3.8) is 0 Å². The van der Waals surface area contributed by atoms with Crippen molar-refractivity contribution in [1.29, 1.82) is 0 Å². The summed E-state index contributed by atoms with van der Waals surface area (Å²) in [7, 11) is -3.56. The van der Waals surface area contributed by atoms with Crippen LogP contribution in [0.2, 0.25) is 5.02 Å². The van der Waals surface area contributed by atoms with Crippen LogP contribution in [0.1, 0.15) is 23.2 Å². The number of sulfonamides is 1. The Kier molecular flexibility index (Phi) is 5.04. The SMILES string of the molecule is O=C(c1cccc(Cl)c1)[C@@H]1CCCN(S(=O)(=O)c2ccccc2)C1. The number of hydrogen-bond acceptors (Lipinski definition) is 3. The van der Waals surface area contributed by atoms with Crippen molar-refractivity contribution < 1.29 is 13.2 Å². The van der Waals surface area contributed by atoms with Gasteiger partial charge in [0.2, 0.25) is 10.0 Å². The van der Waals surface area contributed by atoms with Crippen molar-refractivity contribution in [2.45, 2.75) is 17.7 Å². The van der Waals surface area contributed by atoms with Gasteiger partial charge in [0.05, 0.1) is 4.90 Å². The van der Waals surface area contributed by atoms with Gasteiger partial charge in [-0.3, -0.25) is 4.79 Å². The van der Waals surface area contributed by atoms with Crippen molar-refractivity contribution in [1.82, 2.24) is 4.31 Å². The van der Waals surface area contributed by atoms with Gasteiger partial charge in [0.1, 0.15) is 0 Å². The summed E-state index contributed by atoms with van der Waals surface area (Å²) in [4.78, 5) is 12.9. The molecule has 1 saturated heterocycles. The number of ketones is 1. The molecule has 0 N–H and O–H groups in total. The van der Waals surface area contributed by atoms with E-state index in [1.165, 1.54) is 4.31 Å². The van der Waals surface area contributed by atoms with Gasteiger partial charge in [0.15, 0.2) is 5.78 Å². The smallest absolute Gasteiger partial charge is 0.243 e. The highest BCUT2D eigenvalue weighted by molar-refractivity contribution is 7.89. The third-order valence-electron chi connectivity index (χ3n) is 4.25. The van der Waals surface area contributed by atoms with Crippen molar-refractivity contribution in [2.75, 3.05) is 13.1 Å². The quantitative estimate of drug-likeness (QED) is 0.779. The number of Topliss-reactive ketones (excluding diaryl/α,β-unsaturated/α-hetero) is 1. The van der Waals surface area contributed by atoms with Crippen molar-refractivity contribution in [3.8, 4) is 0 Å². The van der Waals surface area contributed by atoms with Gasteiger partial charge < -0.3 is 0 Å². The van der Waals surface area contributed by atoms with Crippen LogP contribution in [0.5, 0.6) is 0 Å². The number of carbonyl (C=O) groups excluding carboxylic acids is 1. The van der Waals surface area contributed by atoms with E-state index in [0.717, 1.165) is 0 Å². The molecular formula is C18H18ClNO3S. The highest BCUT2D eigenvalue weighted by Crippen LogP contribution is 2.26. The molecule has 0 aromatic heterocycles. The summed E-state index contributed by atoms with van der Waals surface area (Å²) in [6, 6.07) is 15.1. The van der Waals surface area contributed by atoms with E-state index in [0.29, 0.717) is 30.0 Å². The first-order valence-electron chi connectivity index (χ1n) is 7.83. The first-order chi connectivity index (χ1) is 11.5. The molecule has 0 unspecified atom stereocenters. The molecule has 2 aromatic rings. The molecule has 1 fully saturated rings. The predicted molar refractivity (Wildman–Crippen MR) is 93.7 cm³/mol. The highest BCUT2D eigenvalue weighted by atomic mass is 35.5. The molecule has 0 spiro atoms. The zero-order chi connectivity index (χ0) is 17.2. The van der Waals surface area contributed by atoms with Crippen LogP contribution in [0.3, 0.4) is 0 Å². The summed E-state index contributed by atoms with van der Waals surface area (Å²) in [6.45, 7) is 0.652. The largest absolute Gasteiger partial charge is 0.294 e. The summed E-state index contributed by atoms with van der Waals surface area (Å²) in [6.07, 6.45) is 1.36. The first kappa shape index (κ1) is 17.1. The molecule has 3 rings (SSSR count). The number of halogens is 1. The zero-order valence-corrected chi connectivity index (χ0v) is 14.6. The Morgan fingerprint density at radius 3 is 2.54 bits per heavy atom. The zero-order valence-electron chi connectivity index (χ0n) is 13.1. The van der Waals surface area contributed by atoms with Crippen LogP contribution >= 0.6 is 11.6 Å². The van der Waals surface area contributed by atoms with Gasteiger partial charge in [-0.1, -0.05) is 41.9 Å². The van der Waals surface area contributed by atoms with E-state index < -0.39 is 10.0 Å². The molecule has 0 aliphatic carbocycles. The third-order valence-corrected chi connectivity index (χ3v) is 6.36. The van der Waals surface area contributed by atoms with E-state index in [-0.39, 0.29) is 23.1 Å². The molecule has 24 heavy (non-hydrogen) atoms. The Morgan fingerprint density at radius 2 is 1.83 bits per heavy atom. The van der Waals surface area contributed by atoms with Crippen LogP contribution in [-0.2, 0) is 10.0 Å². The molecule has 1 heterocycles. The lowest BCUT2D eigenvalue weighted by atomic mass is 9.91. The Hall–Kier alpha value is -1.69. The lowest BCUT2D eigenvalue weighted by Gasteiger charge is -2.31. The summed E-state index contributed by atoms with van der Waals surface area (Å²) >= 11 is 5.95. The predicted octanol–water partition coefficient (Wildman–Crippen LogP) is 3.62. The summed E-state index contributed by atoms with van der Waals surface area (Å²) in [5.41, 5.74) is 0.534. The number of hydrogen-bond donors (Lipinski definition) is 0. The van der Waals surface area contributed by atoms with Crippen LogP contribution in [0.25, 0.3) is 0 Å². The van der Waals surface area contributed by atoms with Gasteiger partial charge in [-0.15, -0.1) is 0 Å². The second-order valence-corrected chi connectivity index (χ2v) is 8.26. The second-order valence-electron chi connectivity index (χ2n) is 5.89. The lowest BCUT2D eigenvalue weighted by molar-refractivity contribution is 0.0872. The van der Waals surface area contributed by atoms with E-state index >= 15 is 0 Å². The Balaban J connectivity index is 1.81. The van der Waals surface area contributed by atoms with Crippen LogP contribution < -0.4 is 0 Å². The normalized spacial score (nSPS) is 19.1. The molecule has 1 aliphatic rings. The molecule has 1 aliphatic heterocycles. The van der Waals surface area contributed by atoms with E-state index in [2.05, 4.69) is 0 Å². The first-order valence-corrected chi connectivity index (χ1v) is 9.65. The molecule has 126 valence electrons. The average Bonchev–Trinajstić information content (AvgIpc) is 2.62. The molecule has 0 amide bonds. The maximum Gasteiger partial charge on any atom is 0.243 e. The number of piperidine rings is 1. The minimum Gasteiger partial charge on any atom is -0.294 e. The fraction of sp³-hybridized carbons (Fsp3) is 0.278. The molecule has 2 aromatic carbocycles. The van der Waals surface area contributed by atoms with E-state index in [1.54, 1.807) is 54.6 Å². The fourth-order valence-electron chi connectivity index (χ4n) is 2.99. The van der Waals surface area contributed by atoms with E-state index in [4.69, 9.17) is 11.6 Å². The Morgan fingerprint density at radius 1 is 1.08 bits per heavy atom. The Bertz CT molecular complexity index is 836. The van der Waals surface area contributed by atoms with Crippen molar-refractivity contribution >= 4 is 27.4 Å². The third kappa shape index (κ3) is 3.53. The molecule has 0 saturated carbocycles. The molecular weight excluding hydrogens is 346 g/mol. The monoisotopic (exact) mass is 363 g/mol. The maximum absolute atomic E-state index is 12.7. The topological polar surface area (TPSA) is 54.5 Å². The molecule has 0 bridgehead atoms. The van der Waals surface area contributed by atoms with Crippen LogP contribution in [0, 0.1) is 5.92 Å². The molecule has 4 nitrogen and oxygen atoms in total. The van der Waals surface area contributed by atoms with E-state index in [9.17, 15) is 13.2 Å². The number of carbonyl (C=O) groups is 1. The van der Waals surface area contributed by atoms with Crippen molar-refractivity contribution in [3.05, 3.63) is 65.2 Å². The van der Waals surface area contributed by atoms with Gasteiger partial charge in [-0.2, -0.15) is 4.31 Å². The van der Waals surface area contributed by atoms with Crippen LogP contribution in [-0.4, -0.2) is 31.6 Å². The highest BCUT2D eigenvalue weighted by Gasteiger charge is 2.33. The Labute approximate surface area is 147 Å². The van der Waals surface area contributed by atoms with Crippen LogP contribution in [0.15, 0.2) is 59.5 Å². The van der Waals surface area contributed by atoms with Crippen molar-refractivity contribution in [2.24, 2.45) is 5.92 Å². The minimum atomic E-state index is -3.56. The van der Waals surface area contributed by atoms with Crippen LogP contribution in [0.4, 0.5) is 0 Å². The van der Waals surface area contributed by atoms with E-state index in [1.807, 2.05) is 0 Å². The maximum atomic E-state index is 12.7. The number of benzene rings is 2. The standard InChI is InChI=1S/C18H18ClNO3S/c19-16-8-4-6-14(12-16)18(21)15-7-5-11-20(13-15)24(22,23)17-9-2-1-3-10-17/h1-4,6,8-10,12,15H,5,7,11,13H2/t15-/m1/s1. The summed E-state index contributed by atoms with van der Waals surface area (Å²) < 4.78 is 26.9. The van der Waals surface area contributed by atoms with Gasteiger partial charge >= 0.3 is 0 Å². The average molecular weight is 364 g/mol. The van der Waals surface area contributed by atoms with Gasteiger partial charge in [-0.05, 0) is 37.1 Å². The number of nitrogens with zero attached hydrogens (tertiary/aromatic N) is 1.